The molecule has 0 aliphatic carbocycles. The van der Waals surface area contributed by atoms with Crippen LogP contribution in [0.25, 0.3) is 106 Å². The highest BCUT2D eigenvalue weighted by Gasteiger charge is 2.19. The van der Waals surface area contributed by atoms with Crippen molar-refractivity contribution < 1.29 is 8.78 Å². The molecule has 3 heterocycles. The lowest BCUT2D eigenvalue weighted by Crippen LogP contribution is -1.95. The largest absolute Gasteiger partial charge is 0.309 e. The van der Waals surface area contributed by atoms with Crippen molar-refractivity contribution in [3.05, 3.63) is 236 Å². The van der Waals surface area contributed by atoms with E-state index in [1.54, 1.807) is 12.3 Å². The number of pyridine rings is 2. The molecule has 8 aromatic carbocycles. The summed E-state index contributed by atoms with van der Waals surface area (Å²) < 4.78 is 30.7. The molecular formula is C59H39F2N3. The standard InChI is InChI=1S/C59H39F2N3/c1-38-30-42(47-19-9-8-18-46(47)41-25-29-56(62-36-41)52-28-26-44(60)34-55(52)61)32-43(31-38)48-20-10-11-21-49(48)54-37-63-57(39-14-4-2-5-15-39)35-53(54)40-24-27-51-50-22-12-13-23-58(50)64(59(51)33-40)45-16-6-3-7-17-45/h2-37H,1H3. The molecule has 5 heteroatoms. The van der Waals surface area contributed by atoms with Crippen LogP contribution in [-0.4, -0.2) is 14.5 Å². The first-order chi connectivity index (χ1) is 31.5. The lowest BCUT2D eigenvalue weighted by molar-refractivity contribution is 0.585. The molecule has 0 aliphatic heterocycles. The Hall–Kier alpha value is -8.28. The summed E-state index contributed by atoms with van der Waals surface area (Å²) in [6, 6.07) is 69.5. The fourth-order valence-corrected chi connectivity index (χ4v) is 9.13. The Labute approximate surface area is 370 Å². The van der Waals surface area contributed by atoms with Crippen molar-refractivity contribution in [2.75, 3.05) is 0 Å². The summed E-state index contributed by atoms with van der Waals surface area (Å²) in [6.07, 6.45) is 3.79. The van der Waals surface area contributed by atoms with Crippen molar-refractivity contribution in [1.29, 1.82) is 0 Å². The zero-order valence-corrected chi connectivity index (χ0v) is 34.9. The second kappa shape index (κ2) is 16.2. The summed E-state index contributed by atoms with van der Waals surface area (Å²) in [7, 11) is 0. The Bertz CT molecular complexity index is 3520. The van der Waals surface area contributed by atoms with Crippen molar-refractivity contribution in [2.45, 2.75) is 6.92 Å². The van der Waals surface area contributed by atoms with Crippen LogP contribution in [-0.2, 0) is 0 Å². The van der Waals surface area contributed by atoms with Crippen LogP contribution in [0.1, 0.15) is 5.56 Å². The molecule has 0 atom stereocenters. The molecule has 0 spiro atoms. The molecule has 11 rings (SSSR count). The van der Waals surface area contributed by atoms with Gasteiger partial charge in [-0.3, -0.25) is 9.97 Å². The molecule has 0 bridgehead atoms. The molecule has 0 saturated heterocycles. The van der Waals surface area contributed by atoms with Gasteiger partial charge >= 0.3 is 0 Å². The maximum atomic E-state index is 14.7. The van der Waals surface area contributed by atoms with Crippen LogP contribution >= 0.6 is 0 Å². The van der Waals surface area contributed by atoms with Crippen molar-refractivity contribution in [3.8, 4) is 83.8 Å². The second-order valence-electron chi connectivity index (χ2n) is 16.1. The van der Waals surface area contributed by atoms with E-state index in [1.807, 2.05) is 30.5 Å². The number of aromatic nitrogens is 3. The average molecular weight is 828 g/mol. The Morgan fingerprint density at radius 1 is 0.359 bits per heavy atom. The Balaban J connectivity index is 1.05. The van der Waals surface area contributed by atoms with Gasteiger partial charge in [0.25, 0.3) is 0 Å². The van der Waals surface area contributed by atoms with Gasteiger partial charge in [0.15, 0.2) is 0 Å². The number of nitrogens with zero attached hydrogens (tertiary/aromatic N) is 3. The van der Waals surface area contributed by atoms with Crippen molar-refractivity contribution in [3.63, 3.8) is 0 Å². The maximum Gasteiger partial charge on any atom is 0.135 e. The Kier molecular flexibility index (Phi) is 9.78. The average Bonchev–Trinajstić information content (AvgIpc) is 3.68. The number of halogens is 2. The molecule has 304 valence electrons. The molecule has 0 N–H and O–H groups in total. The summed E-state index contributed by atoms with van der Waals surface area (Å²) in [4.78, 5) is 9.74. The molecule has 0 fully saturated rings. The number of hydrogen-bond donors (Lipinski definition) is 0. The monoisotopic (exact) mass is 827 g/mol. The van der Waals surface area contributed by atoms with Crippen LogP contribution in [0.5, 0.6) is 0 Å². The summed E-state index contributed by atoms with van der Waals surface area (Å²) in [6.45, 7) is 2.13. The summed E-state index contributed by atoms with van der Waals surface area (Å²) in [5.74, 6) is -1.26. The normalized spacial score (nSPS) is 11.4. The zero-order valence-electron chi connectivity index (χ0n) is 34.9. The van der Waals surface area contributed by atoms with Crippen LogP contribution in [0.4, 0.5) is 8.78 Å². The van der Waals surface area contributed by atoms with Gasteiger partial charge in [-0.2, -0.15) is 0 Å². The number of benzene rings is 8. The first kappa shape index (κ1) is 38.6. The van der Waals surface area contributed by atoms with Crippen LogP contribution in [0, 0.1) is 18.6 Å². The summed E-state index contributed by atoms with van der Waals surface area (Å²) in [5.41, 5.74) is 17.6. The van der Waals surface area contributed by atoms with Gasteiger partial charge < -0.3 is 4.57 Å². The molecule has 0 unspecified atom stereocenters. The van der Waals surface area contributed by atoms with Gasteiger partial charge in [0.2, 0.25) is 0 Å². The Morgan fingerprint density at radius 2 is 0.969 bits per heavy atom. The van der Waals surface area contributed by atoms with Crippen molar-refractivity contribution in [2.24, 2.45) is 0 Å². The van der Waals surface area contributed by atoms with E-state index in [0.717, 1.165) is 95.2 Å². The first-order valence-corrected chi connectivity index (χ1v) is 21.3. The highest BCUT2D eigenvalue weighted by atomic mass is 19.1. The molecule has 3 nitrogen and oxygen atoms in total. The van der Waals surface area contributed by atoms with Gasteiger partial charge in [-0.1, -0.05) is 146 Å². The van der Waals surface area contributed by atoms with E-state index in [0.29, 0.717) is 5.69 Å². The highest BCUT2D eigenvalue weighted by molar-refractivity contribution is 6.10. The van der Waals surface area contributed by atoms with E-state index in [4.69, 9.17) is 4.98 Å². The van der Waals surface area contributed by atoms with Crippen LogP contribution in [0.2, 0.25) is 0 Å². The lowest BCUT2D eigenvalue weighted by atomic mass is 9.87. The molecule has 0 aliphatic rings. The number of para-hydroxylation sites is 2. The first-order valence-electron chi connectivity index (χ1n) is 21.3. The minimum absolute atomic E-state index is 0.257. The molecule has 0 amide bonds. The zero-order chi connectivity index (χ0) is 43.1. The number of rotatable bonds is 8. The number of hydrogen-bond acceptors (Lipinski definition) is 2. The smallest absolute Gasteiger partial charge is 0.135 e. The predicted octanol–water partition coefficient (Wildman–Crippen LogP) is 15.8. The van der Waals surface area contributed by atoms with Gasteiger partial charge in [0.05, 0.1) is 22.4 Å². The molecule has 0 saturated carbocycles. The SMILES string of the molecule is Cc1cc(-c2ccccc2-c2ccc(-c3ccc(F)cc3F)nc2)cc(-c2ccccc2-c2cnc(-c3ccccc3)cc2-c2ccc3c4ccccc4n(-c4ccccc4)c3c2)c1. The van der Waals surface area contributed by atoms with E-state index in [1.165, 1.54) is 22.9 Å². The van der Waals surface area contributed by atoms with E-state index < -0.39 is 11.6 Å². The van der Waals surface area contributed by atoms with E-state index >= 15 is 0 Å². The van der Waals surface area contributed by atoms with E-state index in [2.05, 4.69) is 174 Å². The van der Waals surface area contributed by atoms with Gasteiger partial charge in [0.1, 0.15) is 11.6 Å². The minimum Gasteiger partial charge on any atom is -0.309 e. The highest BCUT2D eigenvalue weighted by Crippen LogP contribution is 2.43. The quantitative estimate of drug-likeness (QED) is 0.153. The minimum atomic E-state index is -0.642. The summed E-state index contributed by atoms with van der Waals surface area (Å²) in [5, 5.41) is 2.41. The van der Waals surface area contributed by atoms with Gasteiger partial charge in [-0.25, -0.2) is 8.78 Å². The molecule has 11 aromatic rings. The lowest BCUT2D eigenvalue weighted by Gasteiger charge is -2.18. The fraction of sp³-hybridized carbons (Fsp3) is 0.0169. The fourth-order valence-electron chi connectivity index (χ4n) is 9.13. The number of fused-ring (bicyclic) bond motifs is 3. The van der Waals surface area contributed by atoms with Crippen LogP contribution in [0.3, 0.4) is 0 Å². The Morgan fingerprint density at radius 3 is 1.69 bits per heavy atom. The second-order valence-corrected chi connectivity index (χ2v) is 16.1. The van der Waals surface area contributed by atoms with Gasteiger partial charge in [-0.15, -0.1) is 0 Å². The molecule has 3 aromatic heterocycles. The van der Waals surface area contributed by atoms with E-state index in [9.17, 15) is 8.78 Å². The maximum absolute atomic E-state index is 14.7. The van der Waals surface area contributed by atoms with Crippen molar-refractivity contribution in [1.82, 2.24) is 14.5 Å². The molecular weight excluding hydrogens is 789 g/mol. The van der Waals surface area contributed by atoms with Gasteiger partial charge in [-0.05, 0) is 112 Å². The van der Waals surface area contributed by atoms with Crippen LogP contribution < -0.4 is 0 Å². The topological polar surface area (TPSA) is 30.7 Å². The van der Waals surface area contributed by atoms with Crippen LogP contribution in [0.15, 0.2) is 219 Å². The molecule has 0 radical (unpaired) electrons. The van der Waals surface area contributed by atoms with Gasteiger partial charge in [0, 0.05) is 57.2 Å². The third kappa shape index (κ3) is 7.03. The number of aryl methyl sites for hydroxylation is 1. The van der Waals surface area contributed by atoms with Crippen molar-refractivity contribution >= 4 is 21.8 Å². The third-order valence-corrected chi connectivity index (χ3v) is 12.1. The van der Waals surface area contributed by atoms with E-state index in [-0.39, 0.29) is 5.56 Å². The summed E-state index contributed by atoms with van der Waals surface area (Å²) >= 11 is 0. The third-order valence-electron chi connectivity index (χ3n) is 12.1. The molecule has 64 heavy (non-hydrogen) atoms. The predicted molar refractivity (Wildman–Crippen MR) is 259 cm³/mol.